The second kappa shape index (κ2) is 12.3. The maximum absolute atomic E-state index is 12.6. The van der Waals surface area contributed by atoms with Gasteiger partial charge in [-0.15, -0.1) is 0 Å². The summed E-state index contributed by atoms with van der Waals surface area (Å²) in [4.78, 5) is 12.6. The van der Waals surface area contributed by atoms with Gasteiger partial charge in [-0.1, -0.05) is 42.5 Å². The number of benzene rings is 3. The lowest BCUT2D eigenvalue weighted by molar-refractivity contribution is 0.0977. The van der Waals surface area contributed by atoms with E-state index >= 15 is 0 Å². The average molecular weight is 437 g/mol. The minimum absolute atomic E-state index is 0.0516. The summed E-state index contributed by atoms with van der Waals surface area (Å²) in [6, 6.07) is 23.6. The van der Waals surface area contributed by atoms with Crippen LogP contribution < -0.4 is 24.8 Å². The molecule has 0 spiro atoms. The monoisotopic (exact) mass is 436 g/mol. The molecule has 0 radical (unpaired) electrons. The molecule has 32 heavy (non-hydrogen) atoms. The molecule has 7 heteroatoms. The predicted molar refractivity (Wildman–Crippen MR) is 124 cm³/mol. The van der Waals surface area contributed by atoms with Crippen LogP contribution in [0.15, 0.2) is 78.9 Å². The summed E-state index contributed by atoms with van der Waals surface area (Å²) in [7, 11) is 1.60. The van der Waals surface area contributed by atoms with Gasteiger partial charge in [-0.2, -0.15) is 0 Å². The fourth-order valence-electron chi connectivity index (χ4n) is 2.98. The Morgan fingerprint density at radius 3 is 2.28 bits per heavy atom. The second-order valence-electron chi connectivity index (χ2n) is 6.98. The highest BCUT2D eigenvalue weighted by Crippen LogP contribution is 2.25. The van der Waals surface area contributed by atoms with Crippen LogP contribution in [0.5, 0.6) is 17.2 Å². The van der Waals surface area contributed by atoms with Crippen LogP contribution >= 0.6 is 0 Å². The van der Waals surface area contributed by atoms with Gasteiger partial charge in [0.05, 0.1) is 12.7 Å². The first-order valence-electron chi connectivity index (χ1n) is 10.4. The molecule has 0 aliphatic carbocycles. The number of nitrogens with one attached hydrogen (secondary N) is 2. The fraction of sp³-hybridized carbons (Fsp3) is 0.240. The Hall–Kier alpha value is -3.55. The molecule has 7 nitrogen and oxygen atoms in total. The van der Waals surface area contributed by atoms with Crippen molar-refractivity contribution in [2.24, 2.45) is 0 Å². The lowest BCUT2D eigenvalue weighted by Crippen LogP contribution is -2.33. The van der Waals surface area contributed by atoms with Crippen molar-refractivity contribution >= 4 is 11.6 Å². The van der Waals surface area contributed by atoms with Gasteiger partial charge in [0.25, 0.3) is 5.91 Å². The van der Waals surface area contributed by atoms with E-state index in [2.05, 4.69) is 10.6 Å². The summed E-state index contributed by atoms with van der Waals surface area (Å²) < 4.78 is 16.6. The third kappa shape index (κ3) is 7.01. The van der Waals surface area contributed by atoms with Crippen LogP contribution in [-0.4, -0.2) is 50.5 Å². The summed E-state index contributed by atoms with van der Waals surface area (Å²) in [5.74, 6) is 1.49. The third-order valence-corrected chi connectivity index (χ3v) is 4.58. The highest BCUT2D eigenvalue weighted by molar-refractivity contribution is 6.06. The topological polar surface area (TPSA) is 89.1 Å². The number of rotatable bonds is 12. The third-order valence-electron chi connectivity index (χ3n) is 4.58. The van der Waals surface area contributed by atoms with Crippen LogP contribution in [0.1, 0.15) is 10.4 Å². The molecule has 1 amide bonds. The number of hydrogen-bond donors (Lipinski definition) is 3. The molecule has 0 aliphatic rings. The van der Waals surface area contributed by atoms with Gasteiger partial charge in [0.2, 0.25) is 0 Å². The Bertz CT molecular complexity index is 981. The Balaban J connectivity index is 1.41. The van der Waals surface area contributed by atoms with Crippen molar-refractivity contribution in [3.8, 4) is 17.2 Å². The Labute approximate surface area is 187 Å². The standard InChI is InChI=1S/C25H28N2O5/c1-30-23-13-7-8-14-24(23)31-16-15-26-17-20(28)18-32-22-12-6-5-11-21(22)25(29)27-19-9-3-2-4-10-19/h2-14,20,26,28H,15-18H2,1H3,(H,27,29). The summed E-state index contributed by atoms with van der Waals surface area (Å²) in [6.45, 7) is 1.35. The van der Waals surface area contributed by atoms with E-state index in [0.717, 1.165) is 0 Å². The van der Waals surface area contributed by atoms with Crippen molar-refractivity contribution in [1.29, 1.82) is 0 Å². The summed E-state index contributed by atoms with van der Waals surface area (Å²) in [5, 5.41) is 16.2. The number of aliphatic hydroxyl groups excluding tert-OH is 1. The van der Waals surface area contributed by atoms with Gasteiger partial charge in [0, 0.05) is 18.8 Å². The zero-order chi connectivity index (χ0) is 22.6. The molecule has 0 heterocycles. The Morgan fingerprint density at radius 1 is 0.875 bits per heavy atom. The molecule has 3 aromatic rings. The average Bonchev–Trinajstić information content (AvgIpc) is 2.83. The largest absolute Gasteiger partial charge is 0.493 e. The normalized spacial score (nSPS) is 11.4. The van der Waals surface area contributed by atoms with E-state index in [4.69, 9.17) is 14.2 Å². The maximum atomic E-state index is 12.6. The second-order valence-corrected chi connectivity index (χ2v) is 6.98. The van der Waals surface area contributed by atoms with Crippen molar-refractivity contribution in [2.45, 2.75) is 6.10 Å². The number of methoxy groups -OCH3 is 1. The molecule has 168 valence electrons. The molecule has 0 fully saturated rings. The Kier molecular flexibility index (Phi) is 8.92. The number of hydrogen-bond acceptors (Lipinski definition) is 6. The van der Waals surface area contributed by atoms with E-state index in [1.54, 1.807) is 31.4 Å². The number of amides is 1. The molecular formula is C25H28N2O5. The SMILES string of the molecule is COc1ccccc1OCCNCC(O)COc1ccccc1C(=O)Nc1ccccc1. The van der Waals surface area contributed by atoms with Crippen LogP contribution in [0.4, 0.5) is 5.69 Å². The van der Waals surface area contributed by atoms with E-state index in [9.17, 15) is 9.90 Å². The first-order chi connectivity index (χ1) is 15.7. The van der Waals surface area contributed by atoms with Crippen LogP contribution in [-0.2, 0) is 0 Å². The fourth-order valence-corrected chi connectivity index (χ4v) is 2.98. The van der Waals surface area contributed by atoms with E-state index < -0.39 is 6.10 Å². The molecular weight excluding hydrogens is 408 g/mol. The highest BCUT2D eigenvalue weighted by atomic mass is 16.5. The number of carbonyl (C=O) groups is 1. The van der Waals surface area contributed by atoms with Crippen molar-refractivity contribution in [3.05, 3.63) is 84.4 Å². The summed E-state index contributed by atoms with van der Waals surface area (Å²) >= 11 is 0. The van der Waals surface area contributed by atoms with Gasteiger partial charge >= 0.3 is 0 Å². The molecule has 3 aromatic carbocycles. The number of para-hydroxylation sites is 4. The van der Waals surface area contributed by atoms with Gasteiger partial charge in [-0.05, 0) is 36.4 Å². The smallest absolute Gasteiger partial charge is 0.259 e. The number of ether oxygens (including phenoxy) is 3. The van der Waals surface area contributed by atoms with Crippen molar-refractivity contribution in [1.82, 2.24) is 5.32 Å². The lowest BCUT2D eigenvalue weighted by atomic mass is 10.2. The van der Waals surface area contributed by atoms with Gasteiger partial charge < -0.3 is 30.0 Å². The zero-order valence-electron chi connectivity index (χ0n) is 18.0. The Morgan fingerprint density at radius 2 is 1.53 bits per heavy atom. The predicted octanol–water partition coefficient (Wildman–Crippen LogP) is 3.36. The number of aliphatic hydroxyl groups is 1. The molecule has 0 bridgehead atoms. The van der Waals surface area contributed by atoms with Gasteiger partial charge in [-0.3, -0.25) is 4.79 Å². The highest BCUT2D eigenvalue weighted by Gasteiger charge is 2.14. The zero-order valence-corrected chi connectivity index (χ0v) is 18.0. The first kappa shape index (κ1) is 23.1. The lowest BCUT2D eigenvalue weighted by Gasteiger charge is -2.16. The van der Waals surface area contributed by atoms with Crippen LogP contribution in [0.25, 0.3) is 0 Å². The summed E-state index contributed by atoms with van der Waals surface area (Å²) in [5.41, 5.74) is 1.11. The number of anilines is 1. The van der Waals surface area contributed by atoms with Crippen LogP contribution in [0, 0.1) is 0 Å². The van der Waals surface area contributed by atoms with E-state index in [-0.39, 0.29) is 12.5 Å². The molecule has 0 aliphatic heterocycles. The molecule has 3 rings (SSSR count). The molecule has 1 unspecified atom stereocenters. The van der Waals surface area contributed by atoms with Gasteiger partial charge in [0.15, 0.2) is 11.5 Å². The van der Waals surface area contributed by atoms with Gasteiger partial charge in [-0.25, -0.2) is 0 Å². The van der Waals surface area contributed by atoms with Crippen LogP contribution in [0.2, 0.25) is 0 Å². The molecule has 0 aromatic heterocycles. The molecule has 3 N–H and O–H groups in total. The summed E-state index contributed by atoms with van der Waals surface area (Å²) in [6.07, 6.45) is -0.744. The minimum atomic E-state index is -0.744. The maximum Gasteiger partial charge on any atom is 0.259 e. The number of carbonyl (C=O) groups excluding carboxylic acids is 1. The van der Waals surface area contributed by atoms with Crippen molar-refractivity contribution in [3.63, 3.8) is 0 Å². The first-order valence-corrected chi connectivity index (χ1v) is 10.4. The van der Waals surface area contributed by atoms with Crippen molar-refractivity contribution in [2.75, 3.05) is 38.7 Å². The van der Waals surface area contributed by atoms with Gasteiger partial charge in [0.1, 0.15) is 25.1 Å². The van der Waals surface area contributed by atoms with E-state index in [0.29, 0.717) is 48.2 Å². The van der Waals surface area contributed by atoms with Crippen LogP contribution in [0.3, 0.4) is 0 Å². The van der Waals surface area contributed by atoms with Crippen molar-refractivity contribution < 1.29 is 24.1 Å². The molecule has 1 atom stereocenters. The minimum Gasteiger partial charge on any atom is -0.493 e. The van der Waals surface area contributed by atoms with E-state index in [1.807, 2.05) is 54.6 Å². The van der Waals surface area contributed by atoms with E-state index in [1.165, 1.54) is 0 Å². The quantitative estimate of drug-likeness (QED) is 0.377. The molecule has 0 saturated heterocycles. The molecule has 0 saturated carbocycles.